The molecule has 0 saturated carbocycles. The number of Topliss-reactive ketones (excluding diaryl/α,β-unsaturated/α-hetero) is 1. The maximum Gasteiger partial charge on any atom is 0.230 e. The number of ketones is 1. The third kappa shape index (κ3) is 2.70. The maximum absolute atomic E-state index is 12.3. The number of carbonyl (C=O) groups excluding carboxylic acids is 2. The summed E-state index contributed by atoms with van der Waals surface area (Å²) in [5.74, 6) is -0.192. The van der Waals surface area contributed by atoms with Gasteiger partial charge in [0.25, 0.3) is 0 Å². The Balaban J connectivity index is 2.20. The van der Waals surface area contributed by atoms with Crippen molar-refractivity contribution in [1.82, 2.24) is 5.32 Å². The van der Waals surface area contributed by atoms with Gasteiger partial charge in [0, 0.05) is 12.1 Å². The fraction of sp³-hybridized carbons (Fsp3) is 0.429. The molecule has 1 aromatic carbocycles. The lowest BCUT2D eigenvalue weighted by Crippen LogP contribution is -2.33. The summed E-state index contributed by atoms with van der Waals surface area (Å²) in [5.41, 5.74) is 0.538. The molecule has 1 atom stereocenters. The fourth-order valence-electron chi connectivity index (χ4n) is 2.17. The summed E-state index contributed by atoms with van der Waals surface area (Å²) in [7, 11) is 1.56. The van der Waals surface area contributed by atoms with Crippen LogP contribution in [-0.2, 0) is 4.79 Å². The molecule has 96 valence electrons. The first-order valence-electron chi connectivity index (χ1n) is 6.18. The quantitative estimate of drug-likeness (QED) is 0.654. The highest BCUT2D eigenvalue weighted by Crippen LogP contribution is 2.20. The van der Waals surface area contributed by atoms with Gasteiger partial charge < -0.3 is 10.1 Å². The van der Waals surface area contributed by atoms with Crippen molar-refractivity contribution in [2.45, 2.75) is 19.3 Å². The van der Waals surface area contributed by atoms with E-state index in [1.165, 1.54) is 0 Å². The van der Waals surface area contributed by atoms with Crippen molar-refractivity contribution in [3.05, 3.63) is 29.8 Å². The lowest BCUT2D eigenvalue weighted by molar-refractivity contribution is -0.123. The van der Waals surface area contributed by atoms with Gasteiger partial charge in [0.15, 0.2) is 5.78 Å². The molecule has 18 heavy (non-hydrogen) atoms. The third-order valence-corrected chi connectivity index (χ3v) is 3.21. The normalized spacial score (nSPS) is 19.8. The Morgan fingerprint density at radius 1 is 1.39 bits per heavy atom. The molecule has 1 saturated heterocycles. The van der Waals surface area contributed by atoms with Gasteiger partial charge >= 0.3 is 0 Å². The summed E-state index contributed by atoms with van der Waals surface area (Å²) in [6.45, 7) is 0.667. The average molecular weight is 247 g/mol. The second-order valence-corrected chi connectivity index (χ2v) is 4.44. The Morgan fingerprint density at radius 2 is 2.22 bits per heavy atom. The van der Waals surface area contributed by atoms with Crippen LogP contribution in [0.3, 0.4) is 0 Å². The highest BCUT2D eigenvalue weighted by molar-refractivity contribution is 6.10. The van der Waals surface area contributed by atoms with Crippen LogP contribution in [-0.4, -0.2) is 25.3 Å². The molecule has 0 bridgehead atoms. The minimum absolute atomic E-state index is 0.117. The van der Waals surface area contributed by atoms with Crippen molar-refractivity contribution >= 4 is 11.7 Å². The molecular formula is C14H17NO3. The van der Waals surface area contributed by atoms with Gasteiger partial charge in [-0.25, -0.2) is 0 Å². The van der Waals surface area contributed by atoms with Crippen LogP contribution in [0.15, 0.2) is 24.3 Å². The summed E-state index contributed by atoms with van der Waals surface area (Å²) < 4.78 is 5.09. The van der Waals surface area contributed by atoms with Crippen LogP contribution in [0.5, 0.6) is 5.75 Å². The summed E-state index contributed by atoms with van der Waals surface area (Å²) in [6.07, 6.45) is 2.47. The molecule has 1 N–H and O–H groups in total. The summed E-state index contributed by atoms with van der Waals surface area (Å²) in [4.78, 5) is 24.1. The first-order valence-corrected chi connectivity index (χ1v) is 6.18. The summed E-state index contributed by atoms with van der Waals surface area (Å²) in [6, 6.07) is 6.95. The molecule has 0 aliphatic carbocycles. The molecule has 4 heteroatoms. The first-order chi connectivity index (χ1) is 8.72. The van der Waals surface area contributed by atoms with Gasteiger partial charge in [-0.2, -0.15) is 0 Å². The molecule has 0 aromatic heterocycles. The predicted molar refractivity (Wildman–Crippen MR) is 67.7 cm³/mol. The van der Waals surface area contributed by atoms with Crippen molar-refractivity contribution in [3.63, 3.8) is 0 Å². The van der Waals surface area contributed by atoms with Crippen molar-refractivity contribution in [2.75, 3.05) is 13.7 Å². The van der Waals surface area contributed by atoms with Gasteiger partial charge in [0.1, 0.15) is 11.7 Å². The smallest absolute Gasteiger partial charge is 0.230 e. The second-order valence-electron chi connectivity index (χ2n) is 4.44. The number of ether oxygens (including phenoxy) is 1. The summed E-state index contributed by atoms with van der Waals surface area (Å²) >= 11 is 0. The number of benzene rings is 1. The van der Waals surface area contributed by atoms with E-state index in [0.29, 0.717) is 24.3 Å². The van der Waals surface area contributed by atoms with Crippen LogP contribution >= 0.6 is 0 Å². The van der Waals surface area contributed by atoms with Crippen molar-refractivity contribution in [2.24, 2.45) is 5.92 Å². The van der Waals surface area contributed by atoms with Gasteiger partial charge in [-0.05, 0) is 25.0 Å². The van der Waals surface area contributed by atoms with E-state index in [4.69, 9.17) is 4.74 Å². The van der Waals surface area contributed by atoms with E-state index >= 15 is 0 Å². The van der Waals surface area contributed by atoms with Crippen LogP contribution in [0.4, 0.5) is 0 Å². The van der Waals surface area contributed by atoms with Crippen LogP contribution < -0.4 is 10.1 Å². The molecule has 0 radical (unpaired) electrons. The van der Waals surface area contributed by atoms with Crippen molar-refractivity contribution in [3.8, 4) is 5.75 Å². The van der Waals surface area contributed by atoms with Crippen LogP contribution in [0.1, 0.15) is 29.6 Å². The second kappa shape index (κ2) is 5.67. The van der Waals surface area contributed by atoms with E-state index in [-0.39, 0.29) is 11.7 Å². The predicted octanol–water partition coefficient (Wildman–Crippen LogP) is 1.79. The molecule has 1 unspecified atom stereocenters. The highest BCUT2D eigenvalue weighted by Gasteiger charge is 2.28. The molecule has 1 heterocycles. The molecule has 4 nitrogen and oxygen atoms in total. The van der Waals surface area contributed by atoms with Crippen LogP contribution in [0, 0.1) is 5.92 Å². The van der Waals surface area contributed by atoms with Gasteiger partial charge in [-0.3, -0.25) is 9.59 Å². The lowest BCUT2D eigenvalue weighted by atomic mass is 9.93. The zero-order valence-electron chi connectivity index (χ0n) is 10.4. The van der Waals surface area contributed by atoms with E-state index < -0.39 is 5.92 Å². The first kappa shape index (κ1) is 12.6. The molecule has 1 aromatic rings. The van der Waals surface area contributed by atoms with Crippen molar-refractivity contribution in [1.29, 1.82) is 0 Å². The Bertz CT molecular complexity index is 456. The Morgan fingerprint density at radius 3 is 3.00 bits per heavy atom. The van der Waals surface area contributed by atoms with E-state index in [2.05, 4.69) is 5.32 Å². The van der Waals surface area contributed by atoms with Gasteiger partial charge in [-0.15, -0.1) is 0 Å². The largest absolute Gasteiger partial charge is 0.497 e. The van der Waals surface area contributed by atoms with Gasteiger partial charge in [-0.1, -0.05) is 18.6 Å². The van der Waals surface area contributed by atoms with Crippen LogP contribution in [0.2, 0.25) is 0 Å². The topological polar surface area (TPSA) is 55.4 Å². The SMILES string of the molecule is COc1cccc(C(=O)C2CCCCNC2=O)c1. The van der Waals surface area contributed by atoms with Gasteiger partial charge in [0.05, 0.1) is 7.11 Å². The molecule has 1 aliphatic rings. The van der Waals surface area contributed by atoms with Crippen LogP contribution in [0.25, 0.3) is 0 Å². The van der Waals surface area contributed by atoms with Crippen molar-refractivity contribution < 1.29 is 14.3 Å². The molecule has 1 fully saturated rings. The minimum atomic E-state index is -0.556. The molecule has 2 rings (SSSR count). The Labute approximate surface area is 106 Å². The van der Waals surface area contributed by atoms with E-state index in [1.807, 2.05) is 0 Å². The van der Waals surface area contributed by atoms with E-state index in [1.54, 1.807) is 31.4 Å². The standard InChI is InChI=1S/C14H17NO3/c1-18-11-6-4-5-10(9-11)13(16)12-7-2-3-8-15-14(12)17/h4-6,9,12H,2-3,7-8H2,1H3,(H,15,17). The lowest BCUT2D eigenvalue weighted by Gasteiger charge is -2.12. The van der Waals surface area contributed by atoms with E-state index in [0.717, 1.165) is 12.8 Å². The number of methoxy groups -OCH3 is 1. The number of amides is 1. The maximum atomic E-state index is 12.3. The Kier molecular flexibility index (Phi) is 3.97. The zero-order valence-corrected chi connectivity index (χ0v) is 10.4. The van der Waals surface area contributed by atoms with E-state index in [9.17, 15) is 9.59 Å². The third-order valence-electron chi connectivity index (χ3n) is 3.21. The monoisotopic (exact) mass is 247 g/mol. The molecule has 1 aliphatic heterocycles. The number of nitrogens with one attached hydrogen (secondary N) is 1. The Hall–Kier alpha value is -1.84. The number of rotatable bonds is 3. The average Bonchev–Trinajstić information content (AvgIpc) is 2.62. The molecule has 1 amide bonds. The number of carbonyl (C=O) groups is 2. The number of hydrogen-bond donors (Lipinski definition) is 1. The zero-order chi connectivity index (χ0) is 13.0. The summed E-state index contributed by atoms with van der Waals surface area (Å²) in [5, 5.41) is 2.78. The highest BCUT2D eigenvalue weighted by atomic mass is 16.5. The molecular weight excluding hydrogens is 230 g/mol. The van der Waals surface area contributed by atoms with Gasteiger partial charge in [0.2, 0.25) is 5.91 Å². The fourth-order valence-corrected chi connectivity index (χ4v) is 2.17. The molecule has 0 spiro atoms. The number of hydrogen-bond acceptors (Lipinski definition) is 3. The minimum Gasteiger partial charge on any atom is -0.497 e.